The number of benzene rings is 2. The van der Waals surface area contributed by atoms with E-state index in [4.69, 9.17) is 9.47 Å². The van der Waals surface area contributed by atoms with Crippen LogP contribution < -0.4 is 4.74 Å². The van der Waals surface area contributed by atoms with Gasteiger partial charge in [0.1, 0.15) is 11.4 Å². The van der Waals surface area contributed by atoms with Crippen LogP contribution in [0, 0.1) is 5.92 Å². The molecule has 0 N–H and O–H groups in total. The number of fused-ring (bicyclic) bond motifs is 3. The van der Waals surface area contributed by atoms with Gasteiger partial charge >= 0.3 is 0 Å². The topological polar surface area (TPSA) is 18.5 Å². The predicted molar refractivity (Wildman–Crippen MR) is 110 cm³/mol. The summed E-state index contributed by atoms with van der Waals surface area (Å²) in [7, 11) is 0. The van der Waals surface area contributed by atoms with Gasteiger partial charge in [0.2, 0.25) is 0 Å². The first-order valence-electron chi connectivity index (χ1n) is 10.5. The molecular formula is C25H32O2. The van der Waals surface area contributed by atoms with Crippen LogP contribution in [-0.2, 0) is 11.2 Å². The minimum atomic E-state index is -0.179. The molecule has 2 aromatic carbocycles. The molecule has 2 aromatic rings. The zero-order chi connectivity index (χ0) is 19.0. The SMILES string of the molecule is CC(C)c1ccc2c(c1)[C@H]1O[C@@H](CCc3ccccc3)CC[C@@H]1C(C)(C)O2. The number of ether oxygens (including phenoxy) is 2. The Morgan fingerprint density at radius 3 is 2.56 bits per heavy atom. The van der Waals surface area contributed by atoms with Crippen molar-refractivity contribution in [2.24, 2.45) is 5.92 Å². The number of hydrogen-bond donors (Lipinski definition) is 0. The molecule has 3 atom stereocenters. The average molecular weight is 365 g/mol. The van der Waals surface area contributed by atoms with Crippen molar-refractivity contribution in [2.45, 2.75) is 77.1 Å². The molecule has 0 spiro atoms. The van der Waals surface area contributed by atoms with Gasteiger partial charge in [0, 0.05) is 11.5 Å². The van der Waals surface area contributed by atoms with Gasteiger partial charge in [-0.05, 0) is 68.7 Å². The van der Waals surface area contributed by atoms with Gasteiger partial charge in [-0.25, -0.2) is 0 Å². The molecule has 0 aliphatic carbocycles. The summed E-state index contributed by atoms with van der Waals surface area (Å²) in [5, 5.41) is 0. The Kier molecular flexibility index (Phi) is 5.03. The van der Waals surface area contributed by atoms with E-state index in [9.17, 15) is 0 Å². The normalized spacial score (nSPS) is 26.2. The molecule has 1 fully saturated rings. The number of hydrogen-bond acceptors (Lipinski definition) is 2. The predicted octanol–water partition coefficient (Wildman–Crippen LogP) is 6.45. The Balaban J connectivity index is 1.56. The molecule has 4 rings (SSSR count). The molecular weight excluding hydrogens is 332 g/mol. The van der Waals surface area contributed by atoms with Crippen LogP contribution in [0.25, 0.3) is 0 Å². The molecule has 0 bridgehead atoms. The van der Waals surface area contributed by atoms with Crippen LogP contribution in [-0.4, -0.2) is 11.7 Å². The number of aryl methyl sites for hydroxylation is 1. The Hall–Kier alpha value is -1.80. The smallest absolute Gasteiger partial charge is 0.125 e. The van der Waals surface area contributed by atoms with Gasteiger partial charge in [0.05, 0.1) is 12.2 Å². The molecule has 27 heavy (non-hydrogen) atoms. The molecule has 2 nitrogen and oxygen atoms in total. The first kappa shape index (κ1) is 18.6. The van der Waals surface area contributed by atoms with Gasteiger partial charge in [-0.3, -0.25) is 0 Å². The molecule has 1 saturated heterocycles. The van der Waals surface area contributed by atoms with E-state index in [2.05, 4.69) is 76.2 Å². The highest BCUT2D eigenvalue weighted by molar-refractivity contribution is 5.43. The van der Waals surface area contributed by atoms with Crippen molar-refractivity contribution in [3.8, 4) is 5.75 Å². The summed E-state index contributed by atoms with van der Waals surface area (Å²) in [6, 6.07) is 17.4. The quantitative estimate of drug-likeness (QED) is 0.620. The molecule has 0 saturated carbocycles. The van der Waals surface area contributed by atoms with Gasteiger partial charge in [0.15, 0.2) is 0 Å². The van der Waals surface area contributed by atoms with E-state index < -0.39 is 0 Å². The highest BCUT2D eigenvalue weighted by atomic mass is 16.5. The molecule has 2 aliphatic rings. The molecule has 2 heteroatoms. The van der Waals surface area contributed by atoms with Crippen LogP contribution >= 0.6 is 0 Å². The van der Waals surface area contributed by atoms with E-state index in [0.717, 1.165) is 25.0 Å². The van der Waals surface area contributed by atoms with Crippen molar-refractivity contribution in [1.82, 2.24) is 0 Å². The Morgan fingerprint density at radius 2 is 1.81 bits per heavy atom. The van der Waals surface area contributed by atoms with Crippen molar-refractivity contribution in [3.63, 3.8) is 0 Å². The van der Waals surface area contributed by atoms with Gasteiger partial charge in [0.25, 0.3) is 0 Å². The minimum absolute atomic E-state index is 0.150. The summed E-state index contributed by atoms with van der Waals surface area (Å²) in [6.07, 6.45) is 4.95. The zero-order valence-corrected chi connectivity index (χ0v) is 17.1. The van der Waals surface area contributed by atoms with Gasteiger partial charge < -0.3 is 9.47 Å². The zero-order valence-electron chi connectivity index (χ0n) is 17.1. The second-order valence-corrected chi connectivity index (χ2v) is 9.04. The summed E-state index contributed by atoms with van der Waals surface area (Å²) < 4.78 is 13.1. The number of rotatable bonds is 4. The van der Waals surface area contributed by atoms with Crippen LogP contribution in [0.5, 0.6) is 5.75 Å². The van der Waals surface area contributed by atoms with E-state index in [1.807, 2.05) is 0 Å². The third-order valence-electron chi connectivity index (χ3n) is 6.37. The second kappa shape index (κ2) is 7.31. The lowest BCUT2D eigenvalue weighted by Gasteiger charge is -2.49. The first-order valence-corrected chi connectivity index (χ1v) is 10.5. The maximum absolute atomic E-state index is 6.73. The standard InChI is InChI=1S/C25H32O2/c1-17(2)19-11-15-23-21(16-19)24-22(25(3,4)27-23)14-13-20(26-24)12-10-18-8-6-5-7-9-18/h5-9,11,15-17,20,22,24H,10,12-14H2,1-4H3/t20-,22-,24+/m0/s1. The highest BCUT2D eigenvalue weighted by Gasteiger charge is 2.47. The van der Waals surface area contributed by atoms with E-state index in [0.29, 0.717) is 17.9 Å². The molecule has 2 aliphatic heterocycles. The van der Waals surface area contributed by atoms with Crippen LogP contribution in [0.1, 0.15) is 75.7 Å². The van der Waals surface area contributed by atoms with Crippen molar-refractivity contribution in [2.75, 3.05) is 0 Å². The fraction of sp³-hybridized carbons (Fsp3) is 0.520. The molecule has 0 unspecified atom stereocenters. The summed E-state index contributed by atoms with van der Waals surface area (Å²) in [5.41, 5.74) is 3.85. The Morgan fingerprint density at radius 1 is 1.04 bits per heavy atom. The van der Waals surface area contributed by atoms with Gasteiger partial charge in [-0.1, -0.05) is 50.2 Å². The monoisotopic (exact) mass is 364 g/mol. The summed E-state index contributed by atoms with van der Waals surface area (Å²) in [5.74, 6) is 1.94. The molecule has 144 valence electrons. The van der Waals surface area contributed by atoms with E-state index in [1.165, 1.54) is 23.1 Å². The van der Waals surface area contributed by atoms with Crippen molar-refractivity contribution in [1.29, 1.82) is 0 Å². The van der Waals surface area contributed by atoms with Crippen LogP contribution in [0.15, 0.2) is 48.5 Å². The Labute approximate surface area is 163 Å². The lowest BCUT2D eigenvalue weighted by atomic mass is 9.74. The van der Waals surface area contributed by atoms with Crippen LogP contribution in [0.4, 0.5) is 0 Å². The lowest BCUT2D eigenvalue weighted by molar-refractivity contribution is -0.150. The average Bonchev–Trinajstić information content (AvgIpc) is 2.66. The minimum Gasteiger partial charge on any atom is -0.487 e. The van der Waals surface area contributed by atoms with Crippen molar-refractivity contribution >= 4 is 0 Å². The van der Waals surface area contributed by atoms with Crippen LogP contribution in [0.2, 0.25) is 0 Å². The van der Waals surface area contributed by atoms with E-state index >= 15 is 0 Å². The first-order chi connectivity index (χ1) is 12.9. The highest BCUT2D eigenvalue weighted by Crippen LogP contribution is 2.51. The van der Waals surface area contributed by atoms with Crippen molar-refractivity contribution in [3.05, 3.63) is 65.2 Å². The van der Waals surface area contributed by atoms with Crippen LogP contribution in [0.3, 0.4) is 0 Å². The summed E-state index contributed by atoms with van der Waals surface area (Å²) in [6.45, 7) is 8.93. The van der Waals surface area contributed by atoms with Gasteiger partial charge in [-0.15, -0.1) is 0 Å². The second-order valence-electron chi connectivity index (χ2n) is 9.04. The fourth-order valence-electron chi connectivity index (χ4n) is 4.67. The molecule has 0 amide bonds. The summed E-state index contributed by atoms with van der Waals surface area (Å²) in [4.78, 5) is 0. The van der Waals surface area contributed by atoms with Gasteiger partial charge in [-0.2, -0.15) is 0 Å². The maximum atomic E-state index is 6.73. The Bertz CT molecular complexity index is 778. The molecule has 0 radical (unpaired) electrons. The van der Waals surface area contributed by atoms with Crippen molar-refractivity contribution < 1.29 is 9.47 Å². The molecule has 0 aromatic heterocycles. The molecule has 2 heterocycles. The largest absolute Gasteiger partial charge is 0.487 e. The van der Waals surface area contributed by atoms with E-state index in [-0.39, 0.29) is 11.7 Å². The maximum Gasteiger partial charge on any atom is 0.125 e. The van der Waals surface area contributed by atoms with E-state index in [1.54, 1.807) is 0 Å². The lowest BCUT2D eigenvalue weighted by Crippen LogP contribution is -2.48. The summed E-state index contributed by atoms with van der Waals surface area (Å²) >= 11 is 0. The fourth-order valence-corrected chi connectivity index (χ4v) is 4.67. The third-order valence-corrected chi connectivity index (χ3v) is 6.37. The third kappa shape index (κ3) is 3.78.